The smallest absolute Gasteiger partial charge is 0.0596 e. The molecule has 7 aromatic rings. The van der Waals surface area contributed by atoms with E-state index < -0.39 is 0 Å². The summed E-state index contributed by atoms with van der Waals surface area (Å²) in [6.07, 6.45) is 16.1. The minimum Gasteiger partial charge on any atom is -0.337 e. The molecular weight excluding hydrogens is 709 g/mol. The number of rotatable bonds is 4. The summed E-state index contributed by atoms with van der Waals surface area (Å²) in [5.74, 6) is 4.10. The minimum atomic E-state index is 0.159. The molecule has 2 nitrogen and oxygen atoms in total. The van der Waals surface area contributed by atoms with Crippen LogP contribution in [0.2, 0.25) is 0 Å². The SMILES string of the molecule is CC1CC2=C(C=C1N(c1ccc3c4ccccc4n(-c4ccccc4)c3c1)C1C=Cc3c(sc4ccccc34)C1C)C1(c3ccccc32)C2CC3CC(C2)CC1C3. The van der Waals surface area contributed by atoms with Crippen LogP contribution in [0.4, 0.5) is 5.69 Å². The van der Waals surface area contributed by atoms with Crippen LogP contribution in [0.15, 0.2) is 145 Å². The molecule has 4 fully saturated rings. The van der Waals surface area contributed by atoms with E-state index in [1.54, 1.807) is 22.3 Å². The molecule has 57 heavy (non-hydrogen) atoms. The molecular formula is C54H48N2S. The molecule has 3 heteroatoms. The van der Waals surface area contributed by atoms with Crippen molar-refractivity contribution < 1.29 is 0 Å². The summed E-state index contributed by atoms with van der Waals surface area (Å²) < 4.78 is 3.89. The maximum absolute atomic E-state index is 2.82. The lowest BCUT2D eigenvalue weighted by Gasteiger charge is -2.61. The van der Waals surface area contributed by atoms with E-state index in [1.165, 1.54) is 91.5 Å². The highest BCUT2D eigenvalue weighted by atomic mass is 32.1. The molecule has 7 aliphatic rings. The Hall–Kier alpha value is -5.12. The van der Waals surface area contributed by atoms with Crippen LogP contribution in [0, 0.1) is 29.6 Å². The van der Waals surface area contributed by atoms with Gasteiger partial charge in [0.1, 0.15) is 0 Å². The van der Waals surface area contributed by atoms with E-state index in [0.717, 1.165) is 30.1 Å². The molecule has 3 unspecified atom stereocenters. The standard InChI is InChI=1S/C54H48N2S/c1-32-24-45-40-14-6-9-17-46(40)54(36-26-34-25-35(28-36)29-37(54)27-34)47(45)31-50(32)56(48-23-22-44-43-16-8-11-19-52(43)57-53(44)33(48)2)39-20-21-42-41-15-7-10-18-49(41)55(51(42)30-39)38-12-4-3-5-13-38/h3-23,30-37,48H,24-29H2,1-2H3. The maximum atomic E-state index is 2.82. The number of benzene rings is 5. The molecule has 280 valence electrons. The van der Waals surface area contributed by atoms with E-state index >= 15 is 0 Å². The van der Waals surface area contributed by atoms with Gasteiger partial charge in [-0.15, -0.1) is 11.3 Å². The molecule has 0 aliphatic heterocycles. The first-order valence-electron chi connectivity index (χ1n) is 21.7. The quantitative estimate of drug-likeness (QED) is 0.174. The molecule has 5 aromatic carbocycles. The largest absolute Gasteiger partial charge is 0.337 e. The lowest BCUT2D eigenvalue weighted by Crippen LogP contribution is -2.55. The van der Waals surface area contributed by atoms with Crippen LogP contribution >= 0.6 is 11.3 Å². The second-order valence-electron chi connectivity index (χ2n) is 18.6. The number of allylic oxidation sites excluding steroid dienone is 4. The van der Waals surface area contributed by atoms with Gasteiger partial charge in [-0.2, -0.15) is 0 Å². The first-order valence-corrected chi connectivity index (χ1v) is 22.5. The van der Waals surface area contributed by atoms with Crippen molar-refractivity contribution in [1.29, 1.82) is 0 Å². The van der Waals surface area contributed by atoms with Crippen molar-refractivity contribution in [3.63, 3.8) is 0 Å². The first-order chi connectivity index (χ1) is 28.1. The number of anilines is 1. The fourth-order valence-corrected chi connectivity index (χ4v) is 15.1. The number of hydrogen-bond acceptors (Lipinski definition) is 2. The number of para-hydroxylation sites is 2. The number of fused-ring (bicyclic) bond motifs is 8. The Bertz CT molecular complexity index is 2870. The Labute approximate surface area is 339 Å². The zero-order chi connectivity index (χ0) is 37.6. The van der Waals surface area contributed by atoms with Crippen molar-refractivity contribution in [3.8, 4) is 5.69 Å². The molecule has 0 radical (unpaired) electrons. The number of hydrogen-bond donors (Lipinski definition) is 0. The Morgan fingerprint density at radius 2 is 1.39 bits per heavy atom. The highest BCUT2D eigenvalue weighted by molar-refractivity contribution is 7.19. The first kappa shape index (κ1) is 32.9. The predicted octanol–water partition coefficient (Wildman–Crippen LogP) is 14.1. The van der Waals surface area contributed by atoms with E-state index in [1.807, 2.05) is 11.3 Å². The van der Waals surface area contributed by atoms with Crippen molar-refractivity contribution in [2.24, 2.45) is 29.6 Å². The molecule has 0 amide bonds. The zero-order valence-electron chi connectivity index (χ0n) is 32.9. The van der Waals surface area contributed by atoms with Crippen LogP contribution in [-0.4, -0.2) is 10.6 Å². The Morgan fingerprint density at radius 3 is 2.21 bits per heavy atom. The van der Waals surface area contributed by atoms with Crippen molar-refractivity contribution >= 4 is 60.6 Å². The van der Waals surface area contributed by atoms with Gasteiger partial charge in [0.05, 0.1) is 17.1 Å². The average Bonchev–Trinajstić information content (AvgIpc) is 3.88. The molecule has 4 saturated carbocycles. The summed E-state index contributed by atoms with van der Waals surface area (Å²) in [6.45, 7) is 5.02. The van der Waals surface area contributed by atoms with Gasteiger partial charge in [-0.1, -0.05) is 111 Å². The van der Waals surface area contributed by atoms with Crippen LogP contribution in [0.25, 0.3) is 49.2 Å². The maximum Gasteiger partial charge on any atom is 0.0596 e. The molecule has 0 N–H and O–H groups in total. The lowest BCUT2D eigenvalue weighted by atomic mass is 9.42. The van der Waals surface area contributed by atoms with Gasteiger partial charge in [0.15, 0.2) is 0 Å². The molecule has 4 bridgehead atoms. The van der Waals surface area contributed by atoms with E-state index in [2.05, 4.69) is 163 Å². The fraction of sp³-hybridized carbons (Fsp3) is 0.296. The summed E-state index contributed by atoms with van der Waals surface area (Å²) in [5.41, 5.74) is 14.7. The van der Waals surface area contributed by atoms with E-state index in [0.29, 0.717) is 11.8 Å². The van der Waals surface area contributed by atoms with Gasteiger partial charge < -0.3 is 9.47 Å². The van der Waals surface area contributed by atoms with Gasteiger partial charge >= 0.3 is 0 Å². The Kier molecular flexibility index (Phi) is 6.91. The molecule has 0 saturated heterocycles. The number of nitrogens with zero attached hydrogens (tertiary/aromatic N) is 2. The molecule has 2 aromatic heterocycles. The van der Waals surface area contributed by atoms with E-state index in [4.69, 9.17) is 0 Å². The second kappa shape index (κ2) is 12.0. The van der Waals surface area contributed by atoms with Gasteiger partial charge in [-0.25, -0.2) is 0 Å². The Morgan fingerprint density at radius 1 is 0.684 bits per heavy atom. The van der Waals surface area contributed by atoms with Gasteiger partial charge in [-0.3, -0.25) is 0 Å². The average molecular weight is 757 g/mol. The van der Waals surface area contributed by atoms with Crippen LogP contribution in [0.1, 0.15) is 79.9 Å². The minimum absolute atomic E-state index is 0.159. The third kappa shape index (κ3) is 4.42. The highest BCUT2D eigenvalue weighted by Crippen LogP contribution is 2.70. The molecule has 1 spiro atoms. The summed E-state index contributed by atoms with van der Waals surface area (Å²) in [6, 6.07) is 46.3. The van der Waals surface area contributed by atoms with Crippen molar-refractivity contribution in [2.45, 2.75) is 69.7 Å². The van der Waals surface area contributed by atoms with Crippen LogP contribution in [-0.2, 0) is 5.41 Å². The lowest BCUT2D eigenvalue weighted by molar-refractivity contribution is -0.0408. The molecule has 3 atom stereocenters. The van der Waals surface area contributed by atoms with Crippen molar-refractivity contribution in [3.05, 3.63) is 166 Å². The van der Waals surface area contributed by atoms with E-state index in [-0.39, 0.29) is 11.5 Å². The summed E-state index contributed by atoms with van der Waals surface area (Å²) in [4.78, 5) is 4.34. The van der Waals surface area contributed by atoms with Crippen LogP contribution in [0.3, 0.4) is 0 Å². The summed E-state index contributed by atoms with van der Waals surface area (Å²) in [7, 11) is 0. The van der Waals surface area contributed by atoms with Gasteiger partial charge in [-0.05, 0) is 138 Å². The van der Waals surface area contributed by atoms with E-state index in [9.17, 15) is 0 Å². The molecule has 7 aliphatic carbocycles. The third-order valence-electron chi connectivity index (χ3n) is 15.8. The third-order valence-corrected chi connectivity index (χ3v) is 17.2. The monoisotopic (exact) mass is 756 g/mol. The van der Waals surface area contributed by atoms with Crippen LogP contribution in [0.5, 0.6) is 0 Å². The van der Waals surface area contributed by atoms with Crippen molar-refractivity contribution in [1.82, 2.24) is 4.57 Å². The molecule has 2 heterocycles. The topological polar surface area (TPSA) is 8.17 Å². The predicted molar refractivity (Wildman–Crippen MR) is 240 cm³/mol. The van der Waals surface area contributed by atoms with Gasteiger partial charge in [0.25, 0.3) is 0 Å². The Balaban J connectivity index is 1.04. The van der Waals surface area contributed by atoms with Gasteiger partial charge in [0, 0.05) is 54.7 Å². The summed E-state index contributed by atoms with van der Waals surface area (Å²) >= 11 is 2.01. The fourth-order valence-electron chi connectivity index (χ4n) is 13.8. The highest BCUT2D eigenvalue weighted by Gasteiger charge is 2.62. The molecule has 14 rings (SSSR count). The normalized spacial score (nSPS) is 29.4. The van der Waals surface area contributed by atoms with Crippen LogP contribution < -0.4 is 4.90 Å². The number of aromatic nitrogens is 1. The second-order valence-corrected chi connectivity index (χ2v) is 19.6. The summed E-state index contributed by atoms with van der Waals surface area (Å²) in [5, 5.41) is 4.02. The van der Waals surface area contributed by atoms with Crippen molar-refractivity contribution in [2.75, 3.05) is 4.90 Å². The number of thiophene rings is 1. The zero-order valence-corrected chi connectivity index (χ0v) is 33.7. The van der Waals surface area contributed by atoms with Gasteiger partial charge in [0.2, 0.25) is 0 Å².